The summed E-state index contributed by atoms with van der Waals surface area (Å²) >= 11 is 0. The molecule has 0 atom stereocenters. The molecule has 0 aromatic heterocycles. The predicted molar refractivity (Wildman–Crippen MR) is 73.3 cm³/mol. The van der Waals surface area contributed by atoms with E-state index in [-0.39, 0.29) is 11.4 Å². The molecule has 2 N–H and O–H groups in total. The van der Waals surface area contributed by atoms with Crippen LogP contribution >= 0.6 is 0 Å². The largest absolute Gasteiger partial charge is 0.573 e. The molecule has 0 unspecified atom stereocenters. The van der Waals surface area contributed by atoms with Gasteiger partial charge in [-0.05, 0) is 45.9 Å². The summed E-state index contributed by atoms with van der Waals surface area (Å²) in [5, 5.41) is 0. The van der Waals surface area contributed by atoms with Crippen molar-refractivity contribution < 1.29 is 27.2 Å². The third-order valence-electron chi connectivity index (χ3n) is 3.80. The van der Waals surface area contributed by atoms with Crippen LogP contribution in [0.5, 0.6) is 5.75 Å². The van der Waals surface area contributed by atoms with E-state index in [9.17, 15) is 13.2 Å². The number of anilines is 1. The van der Waals surface area contributed by atoms with Gasteiger partial charge in [0.25, 0.3) is 0 Å². The van der Waals surface area contributed by atoms with Gasteiger partial charge >= 0.3 is 13.5 Å². The monoisotopic (exact) mass is 303 g/mol. The van der Waals surface area contributed by atoms with Gasteiger partial charge < -0.3 is 19.8 Å². The lowest BCUT2D eigenvalue weighted by Gasteiger charge is -2.32. The first kappa shape index (κ1) is 16.0. The first-order valence-corrected chi connectivity index (χ1v) is 6.42. The Hall–Kier alpha value is -1.41. The maximum Gasteiger partial charge on any atom is 0.573 e. The highest BCUT2D eigenvalue weighted by Crippen LogP contribution is 2.37. The van der Waals surface area contributed by atoms with Gasteiger partial charge in [0.05, 0.1) is 11.2 Å². The molecule has 1 heterocycles. The Labute approximate surface area is 121 Å². The highest BCUT2D eigenvalue weighted by Gasteiger charge is 2.52. The molecule has 1 aliphatic rings. The van der Waals surface area contributed by atoms with E-state index in [4.69, 9.17) is 15.0 Å². The van der Waals surface area contributed by atoms with Crippen LogP contribution < -0.4 is 15.9 Å². The van der Waals surface area contributed by atoms with E-state index in [0.29, 0.717) is 5.46 Å². The fraction of sp³-hybridized carbons (Fsp3) is 0.538. The molecule has 1 aromatic rings. The second-order valence-electron chi connectivity index (χ2n) is 5.93. The zero-order chi connectivity index (χ0) is 16.1. The van der Waals surface area contributed by atoms with Crippen molar-refractivity contribution in [1.82, 2.24) is 0 Å². The predicted octanol–water partition coefficient (Wildman–Crippen LogP) is 2.47. The second kappa shape index (κ2) is 4.81. The third-order valence-corrected chi connectivity index (χ3v) is 3.80. The lowest BCUT2D eigenvalue weighted by atomic mass is 9.78. The van der Waals surface area contributed by atoms with Crippen molar-refractivity contribution in [2.24, 2.45) is 0 Å². The van der Waals surface area contributed by atoms with Gasteiger partial charge in [-0.25, -0.2) is 0 Å². The van der Waals surface area contributed by atoms with Crippen LogP contribution in [-0.2, 0) is 9.31 Å². The minimum atomic E-state index is -4.76. The lowest BCUT2D eigenvalue weighted by Crippen LogP contribution is -2.41. The summed E-state index contributed by atoms with van der Waals surface area (Å²) in [7, 11) is -0.841. The Morgan fingerprint density at radius 3 is 2.10 bits per heavy atom. The molecule has 0 saturated carbocycles. The number of halogens is 3. The van der Waals surface area contributed by atoms with E-state index in [1.807, 2.05) is 27.7 Å². The maximum atomic E-state index is 12.3. The van der Waals surface area contributed by atoms with E-state index in [2.05, 4.69) is 4.74 Å². The number of alkyl halides is 3. The zero-order valence-corrected chi connectivity index (χ0v) is 12.2. The summed E-state index contributed by atoms with van der Waals surface area (Å²) in [4.78, 5) is 0. The van der Waals surface area contributed by atoms with Crippen LogP contribution in [0.2, 0.25) is 0 Å². The first-order valence-electron chi connectivity index (χ1n) is 6.42. The number of nitrogens with two attached hydrogens (primary N) is 1. The maximum absolute atomic E-state index is 12.3. The average molecular weight is 303 g/mol. The molecule has 1 saturated heterocycles. The van der Waals surface area contributed by atoms with Crippen molar-refractivity contribution in [3.8, 4) is 5.75 Å². The highest BCUT2D eigenvalue weighted by atomic mass is 19.4. The molecule has 0 amide bonds. The summed E-state index contributed by atoms with van der Waals surface area (Å²) in [6.07, 6.45) is -4.76. The van der Waals surface area contributed by atoms with Crippen molar-refractivity contribution in [2.75, 3.05) is 5.73 Å². The van der Waals surface area contributed by atoms with Crippen molar-refractivity contribution in [2.45, 2.75) is 45.3 Å². The molecular formula is C13H17BF3NO3. The van der Waals surface area contributed by atoms with Gasteiger partial charge in [-0.3, -0.25) is 0 Å². The molecule has 2 rings (SSSR count). The minimum absolute atomic E-state index is 0.281. The highest BCUT2D eigenvalue weighted by molar-refractivity contribution is 6.63. The standard InChI is InChI=1S/C13H17BF3NO3/c1-11(2)12(3,4)21-14(20-11)9-7-8(5-6-10(9)18)19-13(15,16)17/h5-7H,18H2,1-4H3. The zero-order valence-electron chi connectivity index (χ0n) is 12.2. The molecular weight excluding hydrogens is 286 g/mol. The lowest BCUT2D eigenvalue weighted by molar-refractivity contribution is -0.274. The third kappa shape index (κ3) is 3.27. The molecule has 0 spiro atoms. The summed E-state index contributed by atoms with van der Waals surface area (Å²) in [6, 6.07) is 3.67. The van der Waals surface area contributed by atoms with Crippen molar-refractivity contribution in [1.29, 1.82) is 0 Å². The molecule has 0 bridgehead atoms. The van der Waals surface area contributed by atoms with Gasteiger partial charge in [0.2, 0.25) is 0 Å². The van der Waals surface area contributed by atoms with E-state index in [0.717, 1.165) is 6.07 Å². The van der Waals surface area contributed by atoms with Crippen molar-refractivity contribution >= 4 is 18.3 Å². The normalized spacial score (nSPS) is 20.6. The summed E-state index contributed by atoms with van der Waals surface area (Å²) < 4.78 is 52.3. The number of ether oxygens (including phenoxy) is 1. The van der Waals surface area contributed by atoms with Crippen molar-refractivity contribution in [3.05, 3.63) is 18.2 Å². The first-order chi connectivity index (χ1) is 9.41. The molecule has 1 aromatic carbocycles. The van der Waals surface area contributed by atoms with Crippen LogP contribution in [0, 0.1) is 0 Å². The smallest absolute Gasteiger partial charge is 0.406 e. The van der Waals surface area contributed by atoms with Gasteiger partial charge in [-0.1, -0.05) is 0 Å². The Bertz CT molecular complexity index is 530. The number of benzene rings is 1. The number of rotatable bonds is 2. The van der Waals surface area contributed by atoms with Gasteiger partial charge in [0, 0.05) is 11.2 Å². The molecule has 0 radical (unpaired) electrons. The van der Waals surface area contributed by atoms with Gasteiger partial charge in [-0.2, -0.15) is 0 Å². The van der Waals surface area contributed by atoms with Crippen LogP contribution in [0.1, 0.15) is 27.7 Å². The second-order valence-corrected chi connectivity index (χ2v) is 5.93. The summed E-state index contributed by atoms with van der Waals surface area (Å²) in [5.41, 5.74) is 5.20. The number of nitrogen functional groups attached to an aromatic ring is 1. The SMILES string of the molecule is CC1(C)OB(c2cc(OC(F)(F)F)ccc2N)OC1(C)C. The minimum Gasteiger partial charge on any atom is -0.406 e. The van der Waals surface area contributed by atoms with E-state index in [1.54, 1.807) is 0 Å². The Morgan fingerprint density at radius 2 is 1.62 bits per heavy atom. The molecule has 0 aliphatic carbocycles. The molecule has 116 valence electrons. The molecule has 1 fully saturated rings. The molecule has 21 heavy (non-hydrogen) atoms. The molecule has 1 aliphatic heterocycles. The van der Waals surface area contributed by atoms with E-state index in [1.165, 1.54) is 12.1 Å². The average Bonchev–Trinajstić information content (AvgIpc) is 2.49. The fourth-order valence-corrected chi connectivity index (χ4v) is 1.92. The molecule has 4 nitrogen and oxygen atoms in total. The molecule has 8 heteroatoms. The van der Waals surface area contributed by atoms with Gasteiger partial charge in [0.15, 0.2) is 0 Å². The van der Waals surface area contributed by atoms with Crippen LogP contribution in [-0.4, -0.2) is 24.7 Å². The van der Waals surface area contributed by atoms with Gasteiger partial charge in [0.1, 0.15) is 5.75 Å². The van der Waals surface area contributed by atoms with E-state index < -0.39 is 24.7 Å². The Kier molecular flexibility index (Phi) is 3.66. The van der Waals surface area contributed by atoms with Crippen LogP contribution in [0.4, 0.5) is 18.9 Å². The number of hydrogen-bond acceptors (Lipinski definition) is 4. The van der Waals surface area contributed by atoms with Crippen molar-refractivity contribution in [3.63, 3.8) is 0 Å². The Balaban J connectivity index is 2.31. The van der Waals surface area contributed by atoms with E-state index >= 15 is 0 Å². The van der Waals surface area contributed by atoms with Crippen LogP contribution in [0.3, 0.4) is 0 Å². The number of hydrogen-bond donors (Lipinski definition) is 1. The summed E-state index contributed by atoms with van der Waals surface area (Å²) in [5.74, 6) is -0.360. The topological polar surface area (TPSA) is 53.7 Å². The quantitative estimate of drug-likeness (QED) is 0.673. The van der Waals surface area contributed by atoms with Gasteiger partial charge in [-0.15, -0.1) is 13.2 Å². The van der Waals surface area contributed by atoms with Crippen LogP contribution in [0.15, 0.2) is 18.2 Å². The van der Waals surface area contributed by atoms with Crippen LogP contribution in [0.25, 0.3) is 0 Å². The summed E-state index contributed by atoms with van der Waals surface area (Å²) in [6.45, 7) is 7.39. The fourth-order valence-electron chi connectivity index (χ4n) is 1.92. The Morgan fingerprint density at radius 1 is 1.10 bits per heavy atom.